The van der Waals surface area contributed by atoms with Crippen molar-refractivity contribution in [3.05, 3.63) is 35.8 Å². The van der Waals surface area contributed by atoms with E-state index in [9.17, 15) is 4.39 Å². The van der Waals surface area contributed by atoms with Gasteiger partial charge in [-0.15, -0.1) is 0 Å². The van der Waals surface area contributed by atoms with Gasteiger partial charge in [0.2, 0.25) is 0 Å². The minimum absolute atomic E-state index is 0.0632. The summed E-state index contributed by atoms with van der Waals surface area (Å²) in [6.45, 7) is 6.36. The average Bonchev–Trinajstić information content (AvgIpc) is 2.88. The number of hydrogen-bond acceptors (Lipinski definition) is 3. The van der Waals surface area contributed by atoms with Crippen molar-refractivity contribution in [2.24, 2.45) is 0 Å². The molecule has 0 bridgehead atoms. The molecule has 2 rings (SSSR count). The van der Waals surface area contributed by atoms with E-state index in [1.807, 2.05) is 19.1 Å². The molecule has 110 valence electrons. The normalized spacial score (nSPS) is 12.9. The van der Waals surface area contributed by atoms with Crippen molar-refractivity contribution >= 4 is 11.0 Å². The van der Waals surface area contributed by atoms with Crippen LogP contribution in [0.2, 0.25) is 0 Å². The highest BCUT2D eigenvalue weighted by atomic mass is 19.1. The Morgan fingerprint density at radius 1 is 1.35 bits per heavy atom. The Kier molecular flexibility index (Phi) is 5.56. The number of furan rings is 1. The lowest BCUT2D eigenvalue weighted by Gasteiger charge is -2.15. The summed E-state index contributed by atoms with van der Waals surface area (Å²) in [5.41, 5.74) is 0.335. The molecule has 2 aromatic rings. The van der Waals surface area contributed by atoms with Gasteiger partial charge in [0.05, 0.1) is 6.04 Å². The van der Waals surface area contributed by atoms with Crippen molar-refractivity contribution in [3.63, 3.8) is 0 Å². The zero-order chi connectivity index (χ0) is 14.4. The molecule has 0 spiro atoms. The van der Waals surface area contributed by atoms with Crippen molar-refractivity contribution < 1.29 is 13.5 Å². The molecule has 0 fully saturated rings. The molecular formula is C16H22FNO2. The first-order valence-electron chi connectivity index (χ1n) is 7.25. The van der Waals surface area contributed by atoms with E-state index in [-0.39, 0.29) is 11.9 Å². The van der Waals surface area contributed by atoms with Gasteiger partial charge in [0, 0.05) is 18.6 Å². The highest BCUT2D eigenvalue weighted by molar-refractivity contribution is 5.78. The lowest BCUT2D eigenvalue weighted by molar-refractivity contribution is 0.134. The molecule has 1 unspecified atom stereocenters. The fourth-order valence-corrected chi connectivity index (χ4v) is 2.23. The van der Waals surface area contributed by atoms with Crippen LogP contribution in [0.1, 0.15) is 38.5 Å². The van der Waals surface area contributed by atoms with Crippen LogP contribution in [0, 0.1) is 5.82 Å². The Bertz CT molecular complexity index is 538. The smallest absolute Gasteiger partial charge is 0.169 e. The number of ether oxygens (including phenoxy) is 1. The molecule has 3 nitrogen and oxygen atoms in total. The van der Waals surface area contributed by atoms with Gasteiger partial charge in [0.15, 0.2) is 11.4 Å². The van der Waals surface area contributed by atoms with Crippen molar-refractivity contribution in [1.29, 1.82) is 0 Å². The van der Waals surface area contributed by atoms with E-state index in [1.165, 1.54) is 6.07 Å². The minimum atomic E-state index is -0.312. The van der Waals surface area contributed by atoms with Gasteiger partial charge in [-0.25, -0.2) is 4.39 Å². The molecule has 0 aliphatic carbocycles. The maximum atomic E-state index is 13.7. The molecule has 1 aromatic carbocycles. The van der Waals surface area contributed by atoms with Crippen LogP contribution >= 0.6 is 0 Å². The Morgan fingerprint density at radius 2 is 2.20 bits per heavy atom. The number of halogens is 1. The zero-order valence-electron chi connectivity index (χ0n) is 12.1. The number of rotatable bonds is 8. The molecule has 4 heteroatoms. The van der Waals surface area contributed by atoms with Crippen molar-refractivity contribution in [2.75, 3.05) is 19.8 Å². The molecule has 0 aliphatic rings. The summed E-state index contributed by atoms with van der Waals surface area (Å²) in [5, 5.41) is 4.23. The molecule has 0 aliphatic heterocycles. The molecular weight excluding hydrogens is 257 g/mol. The van der Waals surface area contributed by atoms with Gasteiger partial charge in [-0.2, -0.15) is 0 Å². The maximum Gasteiger partial charge on any atom is 0.169 e. The third kappa shape index (κ3) is 3.58. The predicted octanol–water partition coefficient (Wildman–Crippen LogP) is 4.04. The van der Waals surface area contributed by atoms with Crippen molar-refractivity contribution in [1.82, 2.24) is 5.32 Å². The Balaban J connectivity index is 2.18. The number of fused-ring (bicyclic) bond motifs is 1. The van der Waals surface area contributed by atoms with E-state index in [1.54, 1.807) is 6.07 Å². The first-order chi connectivity index (χ1) is 9.76. The van der Waals surface area contributed by atoms with E-state index >= 15 is 0 Å². The molecule has 0 saturated heterocycles. The summed E-state index contributed by atoms with van der Waals surface area (Å²) in [6.07, 6.45) is 1.86. The quantitative estimate of drug-likeness (QED) is 0.741. The van der Waals surface area contributed by atoms with Gasteiger partial charge in [0.1, 0.15) is 5.76 Å². The van der Waals surface area contributed by atoms with Gasteiger partial charge < -0.3 is 14.5 Å². The molecule has 1 heterocycles. The zero-order valence-corrected chi connectivity index (χ0v) is 12.1. The molecule has 0 radical (unpaired) electrons. The Morgan fingerprint density at radius 3 is 2.90 bits per heavy atom. The van der Waals surface area contributed by atoms with Gasteiger partial charge in [-0.3, -0.25) is 0 Å². The van der Waals surface area contributed by atoms with Gasteiger partial charge in [0.25, 0.3) is 0 Å². The molecule has 0 amide bonds. The van der Waals surface area contributed by atoms with Crippen LogP contribution in [0.5, 0.6) is 0 Å². The summed E-state index contributed by atoms with van der Waals surface area (Å²) >= 11 is 0. The average molecular weight is 279 g/mol. The van der Waals surface area contributed by atoms with Gasteiger partial charge >= 0.3 is 0 Å². The van der Waals surface area contributed by atoms with E-state index in [0.717, 1.165) is 30.5 Å². The van der Waals surface area contributed by atoms with E-state index < -0.39 is 0 Å². The Labute approximate surface area is 119 Å². The number of nitrogens with one attached hydrogen (secondary N) is 1. The van der Waals surface area contributed by atoms with Crippen LogP contribution in [0.4, 0.5) is 4.39 Å². The fraction of sp³-hybridized carbons (Fsp3) is 0.500. The summed E-state index contributed by atoms with van der Waals surface area (Å²) in [7, 11) is 0. The van der Waals surface area contributed by atoms with Crippen molar-refractivity contribution in [2.45, 2.75) is 32.7 Å². The fourth-order valence-electron chi connectivity index (χ4n) is 2.23. The lowest BCUT2D eigenvalue weighted by atomic mass is 10.1. The molecule has 1 aromatic heterocycles. The molecule has 1 N–H and O–H groups in total. The largest absolute Gasteiger partial charge is 0.456 e. The summed E-state index contributed by atoms with van der Waals surface area (Å²) < 4.78 is 24.8. The number of hydrogen-bond donors (Lipinski definition) is 1. The van der Waals surface area contributed by atoms with Crippen LogP contribution < -0.4 is 5.32 Å². The Hall–Kier alpha value is -1.39. The monoisotopic (exact) mass is 279 g/mol. The van der Waals surface area contributed by atoms with E-state index in [4.69, 9.17) is 9.15 Å². The summed E-state index contributed by atoms with van der Waals surface area (Å²) in [5.74, 6) is 0.464. The second-order valence-electron chi connectivity index (χ2n) is 4.80. The topological polar surface area (TPSA) is 34.4 Å². The van der Waals surface area contributed by atoms with Crippen LogP contribution in [0.25, 0.3) is 11.0 Å². The van der Waals surface area contributed by atoms with Crippen LogP contribution in [0.3, 0.4) is 0 Å². The first-order valence-corrected chi connectivity index (χ1v) is 7.25. The first kappa shape index (κ1) is 15.0. The summed E-state index contributed by atoms with van der Waals surface area (Å²) in [4.78, 5) is 0. The second kappa shape index (κ2) is 7.41. The summed E-state index contributed by atoms with van der Waals surface area (Å²) in [6, 6.07) is 6.96. The van der Waals surface area contributed by atoms with Gasteiger partial charge in [-0.1, -0.05) is 19.1 Å². The van der Waals surface area contributed by atoms with Crippen molar-refractivity contribution in [3.8, 4) is 0 Å². The highest BCUT2D eigenvalue weighted by Crippen LogP contribution is 2.27. The lowest BCUT2D eigenvalue weighted by Crippen LogP contribution is -2.23. The maximum absolute atomic E-state index is 13.7. The third-order valence-corrected chi connectivity index (χ3v) is 3.25. The predicted molar refractivity (Wildman–Crippen MR) is 78.3 cm³/mol. The molecule has 20 heavy (non-hydrogen) atoms. The third-order valence-electron chi connectivity index (χ3n) is 3.25. The van der Waals surface area contributed by atoms with E-state index in [2.05, 4.69) is 12.2 Å². The number of benzene rings is 1. The van der Waals surface area contributed by atoms with E-state index in [0.29, 0.717) is 18.8 Å². The van der Waals surface area contributed by atoms with Crippen LogP contribution in [-0.4, -0.2) is 19.8 Å². The minimum Gasteiger partial charge on any atom is -0.456 e. The second-order valence-corrected chi connectivity index (χ2v) is 4.80. The molecule has 1 atom stereocenters. The SMILES string of the molecule is CCCNC(CCOCC)c1cc2cccc(F)c2o1. The van der Waals surface area contributed by atoms with Crippen LogP contribution in [-0.2, 0) is 4.74 Å². The van der Waals surface area contributed by atoms with Gasteiger partial charge in [-0.05, 0) is 38.4 Å². The molecule has 0 saturated carbocycles. The number of para-hydroxylation sites is 1. The standard InChI is InChI=1S/C16H22FNO2/c1-3-9-18-14(8-10-19-4-2)15-11-12-6-5-7-13(17)16(12)20-15/h5-7,11,14,18H,3-4,8-10H2,1-2H3. The highest BCUT2D eigenvalue weighted by Gasteiger charge is 2.17. The van der Waals surface area contributed by atoms with Crippen LogP contribution in [0.15, 0.2) is 28.7 Å².